The normalized spacial score (nSPS) is 31.8. The number of ether oxygens (including phenoxy) is 1. The van der Waals surface area contributed by atoms with Crippen molar-refractivity contribution in [3.63, 3.8) is 0 Å². The van der Waals surface area contributed by atoms with Crippen molar-refractivity contribution in [2.24, 2.45) is 23.2 Å². The topological polar surface area (TPSA) is 75.7 Å². The Bertz CT molecular complexity index is 812. The Morgan fingerprint density at radius 2 is 1.67 bits per heavy atom. The summed E-state index contributed by atoms with van der Waals surface area (Å²) in [6.45, 7) is 0.488. The molecule has 1 heterocycles. The van der Waals surface area contributed by atoms with Crippen molar-refractivity contribution in [2.45, 2.75) is 57.8 Å². The van der Waals surface area contributed by atoms with Crippen LogP contribution in [0.15, 0.2) is 24.3 Å². The molecule has 0 unspecified atom stereocenters. The highest BCUT2D eigenvalue weighted by Crippen LogP contribution is 2.61. The SMILES string of the molecule is O=C(COC(=O)CC12CC3CC(CC(C3)C1)C2)Nc1ccc(N2CCCC2=O)cc1. The van der Waals surface area contributed by atoms with E-state index in [0.29, 0.717) is 18.5 Å². The van der Waals surface area contributed by atoms with E-state index < -0.39 is 0 Å². The zero-order chi connectivity index (χ0) is 20.7. The summed E-state index contributed by atoms with van der Waals surface area (Å²) in [6, 6.07) is 7.21. The van der Waals surface area contributed by atoms with E-state index >= 15 is 0 Å². The summed E-state index contributed by atoms with van der Waals surface area (Å²) in [7, 11) is 0. The molecule has 1 N–H and O–H groups in total. The first-order valence-electron chi connectivity index (χ1n) is 11.3. The predicted octanol–water partition coefficient (Wildman–Crippen LogP) is 3.90. The summed E-state index contributed by atoms with van der Waals surface area (Å²) in [5.41, 5.74) is 1.61. The number of carbonyl (C=O) groups is 3. The lowest BCUT2D eigenvalue weighted by atomic mass is 9.49. The number of nitrogens with one attached hydrogen (secondary N) is 1. The Kier molecular flexibility index (Phi) is 5.03. The molecule has 4 bridgehead atoms. The third-order valence-corrected chi connectivity index (χ3v) is 7.58. The molecule has 1 aliphatic heterocycles. The molecule has 4 aliphatic carbocycles. The van der Waals surface area contributed by atoms with E-state index in [9.17, 15) is 14.4 Å². The van der Waals surface area contributed by atoms with Gasteiger partial charge in [0.15, 0.2) is 6.61 Å². The largest absolute Gasteiger partial charge is 0.456 e. The van der Waals surface area contributed by atoms with Gasteiger partial charge in [0, 0.05) is 24.3 Å². The molecule has 6 nitrogen and oxygen atoms in total. The Hall–Kier alpha value is -2.37. The van der Waals surface area contributed by atoms with Crippen LogP contribution in [0, 0.1) is 23.2 Å². The van der Waals surface area contributed by atoms with E-state index in [1.54, 1.807) is 17.0 Å². The Morgan fingerprint density at radius 3 is 2.23 bits per heavy atom. The van der Waals surface area contributed by atoms with Crippen molar-refractivity contribution >= 4 is 29.2 Å². The minimum atomic E-state index is -0.334. The first-order chi connectivity index (χ1) is 14.5. The number of benzene rings is 1. The van der Waals surface area contributed by atoms with Gasteiger partial charge >= 0.3 is 5.97 Å². The third-order valence-electron chi connectivity index (χ3n) is 7.58. The van der Waals surface area contributed by atoms with Crippen molar-refractivity contribution in [1.82, 2.24) is 0 Å². The summed E-state index contributed by atoms with van der Waals surface area (Å²) < 4.78 is 5.33. The van der Waals surface area contributed by atoms with Gasteiger partial charge in [-0.05, 0) is 92.4 Å². The molecule has 0 aromatic heterocycles. The molecule has 0 radical (unpaired) electrons. The second-order valence-electron chi connectivity index (χ2n) is 10.00. The number of nitrogens with zero attached hydrogens (tertiary/aromatic N) is 1. The smallest absolute Gasteiger partial charge is 0.306 e. The van der Waals surface area contributed by atoms with E-state index in [1.165, 1.54) is 19.3 Å². The molecule has 1 aromatic rings. The second-order valence-corrected chi connectivity index (χ2v) is 10.00. The van der Waals surface area contributed by atoms with Gasteiger partial charge in [-0.25, -0.2) is 0 Å². The fourth-order valence-corrected chi connectivity index (χ4v) is 6.85. The van der Waals surface area contributed by atoms with E-state index in [2.05, 4.69) is 5.32 Å². The van der Waals surface area contributed by atoms with Crippen LogP contribution in [0.25, 0.3) is 0 Å². The maximum Gasteiger partial charge on any atom is 0.306 e. The molecule has 1 saturated heterocycles. The van der Waals surface area contributed by atoms with Crippen LogP contribution < -0.4 is 10.2 Å². The first-order valence-corrected chi connectivity index (χ1v) is 11.3. The van der Waals surface area contributed by atoms with Gasteiger partial charge < -0.3 is 15.0 Å². The number of rotatable bonds is 6. The molecular formula is C24H30N2O4. The van der Waals surface area contributed by atoms with E-state index in [1.807, 2.05) is 12.1 Å². The van der Waals surface area contributed by atoms with Gasteiger partial charge in [0.25, 0.3) is 5.91 Å². The molecule has 0 spiro atoms. The van der Waals surface area contributed by atoms with Crippen LogP contribution >= 0.6 is 0 Å². The van der Waals surface area contributed by atoms with Gasteiger partial charge in [-0.1, -0.05) is 0 Å². The van der Waals surface area contributed by atoms with Gasteiger partial charge in [-0.15, -0.1) is 0 Å². The van der Waals surface area contributed by atoms with Gasteiger partial charge in [0.05, 0.1) is 6.42 Å². The number of amides is 2. The summed E-state index contributed by atoms with van der Waals surface area (Å²) in [4.78, 5) is 38.3. The summed E-state index contributed by atoms with van der Waals surface area (Å²) in [5.74, 6) is 1.95. The summed E-state index contributed by atoms with van der Waals surface area (Å²) in [6.07, 6.45) is 9.45. The summed E-state index contributed by atoms with van der Waals surface area (Å²) in [5, 5.41) is 2.77. The van der Waals surface area contributed by atoms with Crippen LogP contribution in [0.1, 0.15) is 57.8 Å². The van der Waals surface area contributed by atoms with E-state index in [0.717, 1.165) is 55.7 Å². The highest BCUT2D eigenvalue weighted by atomic mass is 16.5. The fourth-order valence-electron chi connectivity index (χ4n) is 6.85. The molecule has 6 heteroatoms. The maximum atomic E-state index is 12.5. The molecule has 2 amide bonds. The molecule has 0 atom stereocenters. The van der Waals surface area contributed by atoms with E-state index in [-0.39, 0.29) is 29.8 Å². The highest BCUT2D eigenvalue weighted by molar-refractivity contribution is 5.96. The molecule has 5 fully saturated rings. The van der Waals surface area contributed by atoms with Crippen LogP contribution in [0.3, 0.4) is 0 Å². The van der Waals surface area contributed by atoms with Crippen molar-refractivity contribution in [3.8, 4) is 0 Å². The molecule has 4 saturated carbocycles. The van der Waals surface area contributed by atoms with Crippen LogP contribution in [-0.2, 0) is 19.1 Å². The van der Waals surface area contributed by atoms with Crippen LogP contribution in [0.4, 0.5) is 11.4 Å². The lowest BCUT2D eigenvalue weighted by molar-refractivity contribution is -0.154. The molecule has 30 heavy (non-hydrogen) atoms. The van der Waals surface area contributed by atoms with Crippen LogP contribution in [0.5, 0.6) is 0 Å². The van der Waals surface area contributed by atoms with Crippen molar-refractivity contribution in [1.29, 1.82) is 0 Å². The predicted molar refractivity (Wildman–Crippen MR) is 113 cm³/mol. The molecule has 160 valence electrons. The van der Waals surface area contributed by atoms with Crippen molar-refractivity contribution in [2.75, 3.05) is 23.4 Å². The van der Waals surface area contributed by atoms with Crippen LogP contribution in [-0.4, -0.2) is 30.9 Å². The molecule has 1 aromatic carbocycles. The zero-order valence-electron chi connectivity index (χ0n) is 17.4. The first kappa shape index (κ1) is 19.6. The van der Waals surface area contributed by atoms with Gasteiger partial charge in [-0.2, -0.15) is 0 Å². The number of hydrogen-bond acceptors (Lipinski definition) is 4. The standard InChI is InChI=1S/C24H30N2O4/c27-21(25-19-3-5-20(6-4-19)26-7-1-2-22(26)28)15-30-23(29)14-24-11-16-8-17(12-24)10-18(9-16)13-24/h3-6,16-18H,1-2,7-15H2,(H,25,27). The third kappa shape index (κ3) is 3.96. The molecular weight excluding hydrogens is 380 g/mol. The second kappa shape index (κ2) is 7.71. The van der Waals surface area contributed by atoms with Gasteiger partial charge in [-0.3, -0.25) is 14.4 Å². The van der Waals surface area contributed by atoms with E-state index in [4.69, 9.17) is 4.74 Å². The number of hydrogen-bond donors (Lipinski definition) is 1. The minimum Gasteiger partial charge on any atom is -0.456 e. The Morgan fingerprint density at radius 1 is 1.03 bits per heavy atom. The maximum absolute atomic E-state index is 12.5. The van der Waals surface area contributed by atoms with Crippen molar-refractivity contribution < 1.29 is 19.1 Å². The zero-order valence-corrected chi connectivity index (χ0v) is 17.4. The fraction of sp³-hybridized carbons (Fsp3) is 0.625. The lowest BCUT2D eigenvalue weighted by Crippen LogP contribution is -2.47. The Labute approximate surface area is 177 Å². The minimum absolute atomic E-state index is 0.130. The molecule has 6 rings (SSSR count). The quantitative estimate of drug-likeness (QED) is 0.722. The number of carbonyl (C=O) groups excluding carboxylic acids is 3. The van der Waals surface area contributed by atoms with Crippen molar-refractivity contribution in [3.05, 3.63) is 24.3 Å². The lowest BCUT2D eigenvalue weighted by Gasteiger charge is -2.56. The number of esters is 1. The average Bonchev–Trinajstić information content (AvgIpc) is 3.11. The monoisotopic (exact) mass is 410 g/mol. The van der Waals surface area contributed by atoms with Crippen LogP contribution in [0.2, 0.25) is 0 Å². The summed E-state index contributed by atoms with van der Waals surface area (Å²) >= 11 is 0. The average molecular weight is 411 g/mol. The molecule has 5 aliphatic rings. The highest BCUT2D eigenvalue weighted by Gasteiger charge is 2.51. The number of anilines is 2. The Balaban J connectivity index is 1.10. The van der Waals surface area contributed by atoms with Gasteiger partial charge in [0.2, 0.25) is 5.91 Å². The van der Waals surface area contributed by atoms with Gasteiger partial charge in [0.1, 0.15) is 0 Å².